The molecular weight excluding hydrogens is 301 g/mol. The Morgan fingerprint density at radius 3 is 2.78 bits per heavy atom. The van der Waals surface area contributed by atoms with Gasteiger partial charge in [0.15, 0.2) is 0 Å². The van der Waals surface area contributed by atoms with Gasteiger partial charge in [0.1, 0.15) is 24.3 Å². The monoisotopic (exact) mass is 315 g/mol. The molecule has 1 aromatic carbocycles. The fraction of sp³-hybridized carbons (Fsp3) is 0.200. The van der Waals surface area contributed by atoms with Gasteiger partial charge < -0.3 is 9.84 Å². The van der Waals surface area contributed by atoms with E-state index in [0.29, 0.717) is 11.6 Å². The number of aliphatic hydroxyl groups excluding tert-OH is 1. The Morgan fingerprint density at radius 2 is 2.04 bits per heavy atom. The average Bonchev–Trinajstić information content (AvgIpc) is 3.04. The van der Waals surface area contributed by atoms with Crippen LogP contribution in [-0.2, 0) is 6.54 Å². The number of halogens is 1. The highest BCUT2D eigenvalue weighted by atomic mass is 19.1. The Kier molecular flexibility index (Phi) is 4.53. The molecule has 0 radical (unpaired) electrons. The highest BCUT2D eigenvalue weighted by Crippen LogP contribution is 2.12. The smallest absolute Gasteiger partial charge is 0.206 e. The lowest BCUT2D eigenvalue weighted by Crippen LogP contribution is -2.25. The fourth-order valence-corrected chi connectivity index (χ4v) is 1.90. The molecule has 0 aliphatic heterocycles. The number of aromatic nitrogens is 5. The predicted octanol–water partition coefficient (Wildman–Crippen LogP) is 1.31. The third-order valence-electron chi connectivity index (χ3n) is 3.00. The summed E-state index contributed by atoms with van der Waals surface area (Å²) in [6.45, 7) is 0.170. The third-order valence-corrected chi connectivity index (χ3v) is 3.00. The van der Waals surface area contributed by atoms with Crippen LogP contribution in [0.3, 0.4) is 0 Å². The summed E-state index contributed by atoms with van der Waals surface area (Å²) in [4.78, 5) is 5.28. The Morgan fingerprint density at radius 1 is 1.22 bits per heavy atom. The molecule has 0 saturated carbocycles. The third kappa shape index (κ3) is 4.07. The molecule has 0 saturated heterocycles. The molecule has 0 bridgehead atoms. The zero-order valence-electron chi connectivity index (χ0n) is 12.1. The molecule has 3 aromatic rings. The molecular formula is C15H14FN5O2. The second-order valence-electron chi connectivity index (χ2n) is 4.83. The molecule has 0 aliphatic carbocycles. The number of ether oxygens (including phenoxy) is 1. The first kappa shape index (κ1) is 15.0. The molecule has 7 nitrogen and oxygen atoms in total. The van der Waals surface area contributed by atoms with Crippen molar-refractivity contribution in [1.82, 2.24) is 25.2 Å². The van der Waals surface area contributed by atoms with Crippen LogP contribution in [0.25, 0.3) is 11.4 Å². The van der Waals surface area contributed by atoms with E-state index in [1.165, 1.54) is 29.1 Å². The molecule has 1 N–H and O–H groups in total. The van der Waals surface area contributed by atoms with E-state index in [2.05, 4.69) is 20.4 Å². The van der Waals surface area contributed by atoms with Crippen molar-refractivity contribution in [3.05, 3.63) is 54.6 Å². The maximum absolute atomic E-state index is 12.8. The molecule has 118 valence electrons. The molecule has 1 atom stereocenters. The minimum absolute atomic E-state index is 0.0371. The zero-order chi connectivity index (χ0) is 16.1. The van der Waals surface area contributed by atoms with Crippen molar-refractivity contribution >= 4 is 0 Å². The summed E-state index contributed by atoms with van der Waals surface area (Å²) in [5.74, 6) is 0.574. The summed E-state index contributed by atoms with van der Waals surface area (Å²) < 4.78 is 18.1. The molecule has 23 heavy (non-hydrogen) atoms. The number of nitrogens with zero attached hydrogens (tertiary/aromatic N) is 5. The highest BCUT2D eigenvalue weighted by Gasteiger charge is 2.11. The largest absolute Gasteiger partial charge is 0.491 e. The second-order valence-corrected chi connectivity index (χ2v) is 4.83. The van der Waals surface area contributed by atoms with Crippen LogP contribution < -0.4 is 4.74 Å². The summed E-state index contributed by atoms with van der Waals surface area (Å²) in [6, 6.07) is 9.18. The first-order chi connectivity index (χ1) is 11.2. The predicted molar refractivity (Wildman–Crippen MR) is 78.9 cm³/mol. The van der Waals surface area contributed by atoms with Crippen LogP contribution in [-0.4, -0.2) is 43.0 Å². The Balaban J connectivity index is 1.55. The van der Waals surface area contributed by atoms with Gasteiger partial charge in [-0.05, 0) is 41.6 Å². The summed E-state index contributed by atoms with van der Waals surface area (Å²) in [5, 5.41) is 21.9. The number of rotatable bonds is 6. The van der Waals surface area contributed by atoms with Crippen LogP contribution in [0.5, 0.6) is 5.75 Å². The van der Waals surface area contributed by atoms with Crippen molar-refractivity contribution < 1.29 is 14.2 Å². The molecule has 0 spiro atoms. The fourth-order valence-electron chi connectivity index (χ4n) is 1.90. The number of hydrogen-bond acceptors (Lipinski definition) is 6. The van der Waals surface area contributed by atoms with Crippen molar-refractivity contribution in [2.75, 3.05) is 6.61 Å². The molecule has 2 aromatic heterocycles. The van der Waals surface area contributed by atoms with Crippen molar-refractivity contribution in [2.45, 2.75) is 12.6 Å². The molecule has 0 aliphatic rings. The van der Waals surface area contributed by atoms with Gasteiger partial charge in [0.25, 0.3) is 0 Å². The zero-order valence-corrected chi connectivity index (χ0v) is 12.1. The molecule has 1 unspecified atom stereocenters. The van der Waals surface area contributed by atoms with Crippen molar-refractivity contribution in [2.24, 2.45) is 0 Å². The second kappa shape index (κ2) is 6.93. The number of aliphatic hydroxyl groups is 1. The van der Waals surface area contributed by atoms with E-state index in [-0.39, 0.29) is 19.0 Å². The summed E-state index contributed by atoms with van der Waals surface area (Å²) in [7, 11) is 0. The van der Waals surface area contributed by atoms with E-state index in [0.717, 1.165) is 5.56 Å². The SMILES string of the molecule is OC(COc1ccc(F)cc1)Cn1nnc(-c2cccnc2)n1. The van der Waals surface area contributed by atoms with Crippen LogP contribution in [0.15, 0.2) is 48.8 Å². The van der Waals surface area contributed by atoms with Crippen LogP contribution in [0.4, 0.5) is 4.39 Å². The maximum Gasteiger partial charge on any atom is 0.206 e. The molecule has 0 fully saturated rings. The van der Waals surface area contributed by atoms with E-state index in [9.17, 15) is 9.50 Å². The standard InChI is InChI=1S/C15H14FN5O2/c16-12-3-5-14(6-4-12)23-10-13(22)9-21-19-15(18-20-21)11-2-1-7-17-8-11/h1-8,13,22H,9-10H2. The van der Waals surface area contributed by atoms with E-state index < -0.39 is 6.10 Å². The lowest BCUT2D eigenvalue weighted by molar-refractivity contribution is 0.0849. The van der Waals surface area contributed by atoms with Crippen molar-refractivity contribution in [1.29, 1.82) is 0 Å². The van der Waals surface area contributed by atoms with E-state index in [1.807, 2.05) is 6.07 Å². The Hall–Kier alpha value is -2.87. The van der Waals surface area contributed by atoms with Gasteiger partial charge in [0.05, 0.1) is 6.54 Å². The van der Waals surface area contributed by atoms with Crippen molar-refractivity contribution in [3.63, 3.8) is 0 Å². The first-order valence-electron chi connectivity index (χ1n) is 6.95. The van der Waals surface area contributed by atoms with E-state index in [1.54, 1.807) is 18.5 Å². The molecule has 0 amide bonds. The molecule has 3 rings (SSSR count). The summed E-state index contributed by atoms with van der Waals surface area (Å²) in [6.07, 6.45) is 2.47. The normalized spacial score (nSPS) is 12.1. The molecule has 2 heterocycles. The Bertz CT molecular complexity index is 748. The topological polar surface area (TPSA) is 86.0 Å². The lowest BCUT2D eigenvalue weighted by atomic mass is 10.3. The average molecular weight is 315 g/mol. The van der Waals surface area contributed by atoms with E-state index in [4.69, 9.17) is 4.74 Å². The van der Waals surface area contributed by atoms with Crippen LogP contribution in [0.1, 0.15) is 0 Å². The van der Waals surface area contributed by atoms with Crippen LogP contribution in [0.2, 0.25) is 0 Å². The van der Waals surface area contributed by atoms with Crippen LogP contribution >= 0.6 is 0 Å². The first-order valence-corrected chi connectivity index (χ1v) is 6.95. The lowest BCUT2D eigenvalue weighted by Gasteiger charge is -2.11. The van der Waals surface area contributed by atoms with Gasteiger partial charge in [-0.2, -0.15) is 4.80 Å². The number of pyridine rings is 1. The molecule has 8 heteroatoms. The van der Waals surface area contributed by atoms with Gasteiger partial charge >= 0.3 is 0 Å². The van der Waals surface area contributed by atoms with Gasteiger partial charge in [0.2, 0.25) is 5.82 Å². The van der Waals surface area contributed by atoms with Crippen LogP contribution in [0, 0.1) is 5.82 Å². The minimum atomic E-state index is -0.823. The highest BCUT2D eigenvalue weighted by molar-refractivity contribution is 5.51. The quantitative estimate of drug-likeness (QED) is 0.738. The Labute approximate surface area is 131 Å². The van der Waals surface area contributed by atoms with Gasteiger partial charge in [0, 0.05) is 18.0 Å². The number of benzene rings is 1. The van der Waals surface area contributed by atoms with Crippen molar-refractivity contribution in [3.8, 4) is 17.1 Å². The maximum atomic E-state index is 12.8. The number of hydrogen-bond donors (Lipinski definition) is 1. The van der Waals surface area contributed by atoms with Gasteiger partial charge in [-0.3, -0.25) is 4.98 Å². The van der Waals surface area contributed by atoms with Gasteiger partial charge in [-0.15, -0.1) is 10.2 Å². The number of tetrazole rings is 1. The summed E-state index contributed by atoms with van der Waals surface area (Å²) >= 11 is 0. The van der Waals surface area contributed by atoms with Gasteiger partial charge in [-0.1, -0.05) is 0 Å². The summed E-state index contributed by atoms with van der Waals surface area (Å²) in [5.41, 5.74) is 0.746. The van der Waals surface area contributed by atoms with E-state index >= 15 is 0 Å². The van der Waals surface area contributed by atoms with Gasteiger partial charge in [-0.25, -0.2) is 4.39 Å². The minimum Gasteiger partial charge on any atom is -0.491 e.